The molecule has 1 N–H and O–H groups in total. The van der Waals surface area contributed by atoms with Crippen LogP contribution < -0.4 is 5.32 Å². The molecule has 1 aliphatic rings. The first-order valence-corrected chi connectivity index (χ1v) is 11.5. The maximum Gasteiger partial charge on any atom is 0.233 e. The number of amides is 1. The number of sulfone groups is 1. The normalized spacial score (nSPS) is 15.7. The van der Waals surface area contributed by atoms with Crippen LogP contribution in [0.1, 0.15) is 36.1 Å². The number of halogens is 1. The van der Waals surface area contributed by atoms with Crippen LogP contribution in [0.3, 0.4) is 0 Å². The zero-order valence-corrected chi connectivity index (χ0v) is 17.4. The van der Waals surface area contributed by atoms with Crippen molar-refractivity contribution in [2.45, 2.75) is 30.8 Å². The molecule has 1 atom stereocenters. The van der Waals surface area contributed by atoms with E-state index in [4.69, 9.17) is 11.6 Å². The van der Waals surface area contributed by atoms with Crippen molar-refractivity contribution in [2.75, 3.05) is 5.32 Å². The summed E-state index contributed by atoms with van der Waals surface area (Å²) in [7, 11) is -3.26. The van der Waals surface area contributed by atoms with Crippen LogP contribution >= 0.6 is 11.6 Å². The molecule has 0 aliphatic carbocycles. The van der Waals surface area contributed by atoms with Crippen molar-refractivity contribution in [1.29, 1.82) is 0 Å². The first-order valence-electron chi connectivity index (χ1n) is 9.31. The molecule has 0 spiro atoms. The number of nitrogens with one attached hydrogen (secondary N) is 1. The summed E-state index contributed by atoms with van der Waals surface area (Å²) in [5.74, 6) is -0.431. The summed E-state index contributed by atoms with van der Waals surface area (Å²) in [5, 5.41) is 7.95. The molecular formula is C21H20ClN3O3S. The maximum atomic E-state index is 13.1. The molecule has 0 saturated carbocycles. The molecule has 0 radical (unpaired) electrons. The van der Waals surface area contributed by atoms with Gasteiger partial charge in [-0.1, -0.05) is 54.9 Å². The number of rotatable bonds is 5. The number of hydrogen-bond acceptors (Lipinski definition) is 4. The first kappa shape index (κ1) is 19.7. The van der Waals surface area contributed by atoms with Gasteiger partial charge in [0.1, 0.15) is 5.82 Å². The second-order valence-corrected chi connectivity index (χ2v) is 9.56. The van der Waals surface area contributed by atoms with Gasteiger partial charge in [0.15, 0.2) is 9.84 Å². The number of anilines is 1. The summed E-state index contributed by atoms with van der Waals surface area (Å²) < 4.78 is 25.8. The molecule has 0 unspecified atom stereocenters. The molecule has 4 rings (SSSR count). The van der Waals surface area contributed by atoms with Crippen molar-refractivity contribution in [2.24, 2.45) is 0 Å². The summed E-state index contributed by atoms with van der Waals surface area (Å²) in [5.41, 5.74) is 2.58. The Kier molecular flexibility index (Phi) is 5.19. The molecule has 1 amide bonds. The minimum Gasteiger partial charge on any atom is -0.310 e. The van der Waals surface area contributed by atoms with Crippen LogP contribution in [0.5, 0.6) is 0 Å². The topological polar surface area (TPSA) is 81.1 Å². The Morgan fingerprint density at radius 1 is 1.17 bits per heavy atom. The number of nitrogens with zero attached hydrogens (tertiary/aromatic N) is 2. The fraction of sp³-hybridized carbons (Fsp3) is 0.238. The number of benzene rings is 2. The predicted molar refractivity (Wildman–Crippen MR) is 113 cm³/mol. The molecule has 29 heavy (non-hydrogen) atoms. The van der Waals surface area contributed by atoms with Crippen LogP contribution in [0.15, 0.2) is 54.6 Å². The molecule has 3 aromatic rings. The van der Waals surface area contributed by atoms with Gasteiger partial charge in [-0.2, -0.15) is 5.10 Å². The van der Waals surface area contributed by atoms with Gasteiger partial charge in [0, 0.05) is 10.6 Å². The summed E-state index contributed by atoms with van der Waals surface area (Å²) in [6.45, 7) is 1.94. The fourth-order valence-electron chi connectivity index (χ4n) is 3.63. The average molecular weight is 430 g/mol. The minimum atomic E-state index is -3.26. The zero-order valence-electron chi connectivity index (χ0n) is 15.8. The highest BCUT2D eigenvalue weighted by molar-refractivity contribution is 7.90. The Bertz CT molecular complexity index is 1170. The Morgan fingerprint density at radius 2 is 1.93 bits per heavy atom. The molecule has 0 saturated heterocycles. The largest absolute Gasteiger partial charge is 0.310 e. The van der Waals surface area contributed by atoms with Gasteiger partial charge in [0.2, 0.25) is 5.91 Å². The van der Waals surface area contributed by atoms with E-state index in [1.54, 1.807) is 22.9 Å². The van der Waals surface area contributed by atoms with E-state index in [1.165, 1.54) is 0 Å². The molecule has 6 nitrogen and oxygen atoms in total. The van der Waals surface area contributed by atoms with Crippen LogP contribution in [0, 0.1) is 0 Å². The van der Waals surface area contributed by atoms with Crippen LogP contribution in [0.4, 0.5) is 5.82 Å². The van der Waals surface area contributed by atoms with E-state index in [-0.39, 0.29) is 23.3 Å². The van der Waals surface area contributed by atoms with E-state index in [0.29, 0.717) is 34.2 Å². The van der Waals surface area contributed by atoms with E-state index >= 15 is 0 Å². The molecule has 8 heteroatoms. The second kappa shape index (κ2) is 7.65. The molecule has 1 aromatic heterocycles. The third-order valence-electron chi connectivity index (χ3n) is 5.01. The molecule has 150 valence electrons. The van der Waals surface area contributed by atoms with Crippen LogP contribution in [0.25, 0.3) is 5.69 Å². The Balaban J connectivity index is 1.75. The highest BCUT2D eigenvalue weighted by atomic mass is 35.5. The van der Waals surface area contributed by atoms with Gasteiger partial charge in [0.05, 0.1) is 28.8 Å². The molecule has 0 bridgehead atoms. The van der Waals surface area contributed by atoms with Gasteiger partial charge in [-0.25, -0.2) is 13.1 Å². The number of carbonyl (C=O) groups is 1. The molecular weight excluding hydrogens is 410 g/mol. The monoisotopic (exact) mass is 429 g/mol. The van der Waals surface area contributed by atoms with E-state index < -0.39 is 9.84 Å². The Labute approximate surface area is 174 Å². The maximum absolute atomic E-state index is 13.1. The highest BCUT2D eigenvalue weighted by Crippen LogP contribution is 2.34. The first-order chi connectivity index (χ1) is 13.9. The number of aromatic nitrogens is 2. The van der Waals surface area contributed by atoms with Gasteiger partial charge in [-0.05, 0) is 30.2 Å². The SMILES string of the molecule is CC[C@H](C(=O)Nc1c2c(nn1-c1cccc(Cl)c1)CS(=O)(=O)C2)c1ccccc1. The lowest BCUT2D eigenvalue weighted by atomic mass is 9.95. The van der Waals surface area contributed by atoms with Gasteiger partial charge in [0.25, 0.3) is 0 Å². The van der Waals surface area contributed by atoms with Crippen molar-refractivity contribution in [1.82, 2.24) is 9.78 Å². The summed E-state index contributed by atoms with van der Waals surface area (Å²) >= 11 is 6.12. The lowest BCUT2D eigenvalue weighted by Crippen LogP contribution is -2.23. The fourth-order valence-corrected chi connectivity index (χ4v) is 5.31. The number of fused-ring (bicyclic) bond motifs is 1. The minimum absolute atomic E-state index is 0.130. The third kappa shape index (κ3) is 3.93. The van der Waals surface area contributed by atoms with E-state index in [2.05, 4.69) is 10.4 Å². The summed E-state index contributed by atoms with van der Waals surface area (Å²) in [4.78, 5) is 13.1. The Hall–Kier alpha value is -2.64. The average Bonchev–Trinajstić information content (AvgIpc) is 3.16. The molecule has 2 aromatic carbocycles. The van der Waals surface area contributed by atoms with E-state index in [1.807, 2.05) is 43.3 Å². The van der Waals surface area contributed by atoms with Crippen molar-refractivity contribution < 1.29 is 13.2 Å². The lowest BCUT2D eigenvalue weighted by Gasteiger charge is -2.17. The van der Waals surface area contributed by atoms with Gasteiger partial charge in [-0.3, -0.25) is 4.79 Å². The van der Waals surface area contributed by atoms with E-state index in [9.17, 15) is 13.2 Å². The van der Waals surface area contributed by atoms with E-state index in [0.717, 1.165) is 5.56 Å². The highest BCUT2D eigenvalue weighted by Gasteiger charge is 2.34. The zero-order chi connectivity index (χ0) is 20.6. The van der Waals surface area contributed by atoms with Crippen LogP contribution in [-0.4, -0.2) is 24.1 Å². The number of hydrogen-bond donors (Lipinski definition) is 1. The van der Waals surface area contributed by atoms with Gasteiger partial charge in [-0.15, -0.1) is 0 Å². The predicted octanol–water partition coefficient (Wildman–Crippen LogP) is 4.09. The van der Waals surface area contributed by atoms with Gasteiger partial charge < -0.3 is 5.32 Å². The van der Waals surface area contributed by atoms with Crippen molar-refractivity contribution in [3.8, 4) is 5.69 Å². The standard InChI is InChI=1S/C21H20ClN3O3S/c1-2-17(14-7-4-3-5-8-14)21(26)23-20-18-12-29(27,28)13-19(18)24-25(20)16-10-6-9-15(22)11-16/h3-11,17H,2,12-13H2,1H3,(H,23,26)/t17-/m0/s1. The quantitative estimate of drug-likeness (QED) is 0.662. The smallest absolute Gasteiger partial charge is 0.233 e. The summed E-state index contributed by atoms with van der Waals surface area (Å²) in [6, 6.07) is 16.6. The second-order valence-electron chi connectivity index (χ2n) is 7.06. The van der Waals surface area contributed by atoms with Crippen LogP contribution in [0.2, 0.25) is 5.02 Å². The molecule has 1 aliphatic heterocycles. The van der Waals surface area contributed by atoms with Crippen molar-refractivity contribution in [3.63, 3.8) is 0 Å². The third-order valence-corrected chi connectivity index (χ3v) is 6.69. The Morgan fingerprint density at radius 3 is 2.62 bits per heavy atom. The lowest BCUT2D eigenvalue weighted by molar-refractivity contribution is -0.117. The van der Waals surface area contributed by atoms with Gasteiger partial charge >= 0.3 is 0 Å². The molecule has 0 fully saturated rings. The molecule has 2 heterocycles. The van der Waals surface area contributed by atoms with Crippen LogP contribution in [-0.2, 0) is 26.1 Å². The summed E-state index contributed by atoms with van der Waals surface area (Å²) in [6.07, 6.45) is 0.613. The number of carbonyl (C=O) groups excluding carboxylic acids is 1. The van der Waals surface area contributed by atoms with Crippen molar-refractivity contribution in [3.05, 3.63) is 76.4 Å². The van der Waals surface area contributed by atoms with Crippen molar-refractivity contribution >= 4 is 33.2 Å².